The Kier molecular flexibility index (Phi) is 5.03. The van der Waals surface area contributed by atoms with Gasteiger partial charge >= 0.3 is 0 Å². The Bertz CT molecular complexity index is 911. The zero-order chi connectivity index (χ0) is 18.0. The van der Waals surface area contributed by atoms with E-state index >= 15 is 0 Å². The highest BCUT2D eigenvalue weighted by molar-refractivity contribution is 7.99. The van der Waals surface area contributed by atoms with E-state index in [1.807, 2.05) is 18.2 Å². The predicted molar refractivity (Wildman–Crippen MR) is 98.7 cm³/mol. The van der Waals surface area contributed by atoms with Crippen molar-refractivity contribution in [1.29, 1.82) is 0 Å². The summed E-state index contributed by atoms with van der Waals surface area (Å²) in [4.78, 5) is 14.1. The number of carbonyl (C=O) groups is 1. The van der Waals surface area contributed by atoms with Crippen LogP contribution in [0.4, 0.5) is 5.69 Å². The summed E-state index contributed by atoms with van der Waals surface area (Å²) in [7, 11) is -0.510. The van der Waals surface area contributed by atoms with Crippen molar-refractivity contribution in [2.75, 3.05) is 32.5 Å². The first kappa shape index (κ1) is 17.8. The molecule has 132 valence electrons. The maximum Gasteiger partial charge on any atom is 0.252 e. The van der Waals surface area contributed by atoms with Crippen LogP contribution in [0.2, 0.25) is 0 Å². The number of rotatable bonds is 2. The normalized spacial score (nSPS) is 14.9. The molecule has 0 atom stereocenters. The molecular weight excluding hydrogens is 358 g/mol. The third-order valence-corrected chi connectivity index (χ3v) is 6.75. The van der Waals surface area contributed by atoms with E-state index in [1.165, 1.54) is 30.2 Å². The van der Waals surface area contributed by atoms with E-state index in [9.17, 15) is 13.2 Å². The Morgan fingerprint density at radius 1 is 1.00 bits per heavy atom. The molecule has 1 heterocycles. The summed E-state index contributed by atoms with van der Waals surface area (Å²) in [5.41, 5.74) is 1.43. The summed E-state index contributed by atoms with van der Waals surface area (Å²) in [6.45, 7) is 1.04. The van der Waals surface area contributed by atoms with Crippen LogP contribution < -0.4 is 10.6 Å². The molecule has 25 heavy (non-hydrogen) atoms. The van der Waals surface area contributed by atoms with E-state index in [-0.39, 0.29) is 10.8 Å². The average Bonchev–Trinajstić information content (AvgIpc) is 2.59. The molecule has 0 aliphatic carbocycles. The van der Waals surface area contributed by atoms with Gasteiger partial charge in [0.2, 0.25) is 10.0 Å². The molecule has 2 N–H and O–H groups in total. The Hall–Kier alpha value is -2.03. The molecule has 0 radical (unpaired) electrons. The molecular formula is C17H19N3O3S2. The lowest BCUT2D eigenvalue weighted by Gasteiger charge is -2.18. The average molecular weight is 377 g/mol. The second-order valence-electron chi connectivity index (χ2n) is 5.73. The summed E-state index contributed by atoms with van der Waals surface area (Å²) in [5, 5.41) is 6.12. The zero-order valence-corrected chi connectivity index (χ0v) is 15.6. The Labute approximate surface area is 151 Å². The fourth-order valence-corrected chi connectivity index (χ4v) is 4.53. The van der Waals surface area contributed by atoms with Crippen molar-refractivity contribution in [3.8, 4) is 0 Å². The number of anilines is 1. The van der Waals surface area contributed by atoms with Gasteiger partial charge in [0.1, 0.15) is 0 Å². The van der Waals surface area contributed by atoms with Crippen LogP contribution in [0.25, 0.3) is 0 Å². The highest BCUT2D eigenvalue weighted by atomic mass is 32.2. The largest absolute Gasteiger partial charge is 0.382 e. The molecule has 1 amide bonds. The highest BCUT2D eigenvalue weighted by Gasteiger charge is 2.21. The van der Waals surface area contributed by atoms with Crippen molar-refractivity contribution in [3.05, 3.63) is 48.0 Å². The molecule has 0 fully saturated rings. The van der Waals surface area contributed by atoms with Crippen molar-refractivity contribution < 1.29 is 13.2 Å². The fourth-order valence-electron chi connectivity index (χ4n) is 2.43. The van der Waals surface area contributed by atoms with Gasteiger partial charge in [0, 0.05) is 42.7 Å². The maximum atomic E-state index is 12.4. The van der Waals surface area contributed by atoms with E-state index in [4.69, 9.17) is 0 Å². The number of hydrogen-bond donors (Lipinski definition) is 2. The van der Waals surface area contributed by atoms with Gasteiger partial charge < -0.3 is 10.6 Å². The van der Waals surface area contributed by atoms with Crippen LogP contribution in [0, 0.1) is 0 Å². The van der Waals surface area contributed by atoms with Gasteiger partial charge in [-0.1, -0.05) is 23.9 Å². The maximum absolute atomic E-state index is 12.4. The van der Waals surface area contributed by atoms with Crippen molar-refractivity contribution in [3.63, 3.8) is 0 Å². The number of nitrogens with zero attached hydrogens (tertiary/aromatic N) is 1. The minimum atomic E-state index is -3.52. The fraction of sp³-hybridized carbons (Fsp3) is 0.235. The molecule has 2 aromatic carbocycles. The van der Waals surface area contributed by atoms with E-state index < -0.39 is 10.0 Å². The highest BCUT2D eigenvalue weighted by Crippen LogP contribution is 2.37. The minimum Gasteiger partial charge on any atom is -0.382 e. The van der Waals surface area contributed by atoms with Crippen molar-refractivity contribution in [2.45, 2.75) is 14.7 Å². The molecule has 3 rings (SSSR count). The second-order valence-corrected chi connectivity index (χ2v) is 8.96. The van der Waals surface area contributed by atoms with Gasteiger partial charge in [-0.05, 0) is 30.3 Å². The third kappa shape index (κ3) is 3.65. The number of nitrogens with one attached hydrogen (secondary N) is 2. The first-order valence-electron chi connectivity index (χ1n) is 7.75. The van der Waals surface area contributed by atoms with Crippen molar-refractivity contribution >= 4 is 33.4 Å². The molecule has 0 spiro atoms. The molecule has 0 aromatic heterocycles. The molecule has 1 aliphatic heterocycles. The first-order valence-corrected chi connectivity index (χ1v) is 10.0. The standard InChI is InChI=1S/C17H19N3O3S2/c1-20(2)25(22,23)12-7-8-14-16(11-12)24-15-6-4-3-5-13(15)17(21)19-10-9-18-14/h3-8,11,18H,9-10H2,1-2H3,(H,19,21). The van der Waals surface area contributed by atoms with Crippen LogP contribution >= 0.6 is 11.8 Å². The molecule has 0 unspecified atom stereocenters. The smallest absolute Gasteiger partial charge is 0.252 e. The summed E-state index contributed by atoms with van der Waals surface area (Å²) in [6.07, 6.45) is 0. The quantitative estimate of drug-likeness (QED) is 0.839. The van der Waals surface area contributed by atoms with Gasteiger partial charge in [-0.2, -0.15) is 0 Å². The first-order chi connectivity index (χ1) is 11.9. The predicted octanol–water partition coefficient (Wildman–Crippen LogP) is 2.24. The van der Waals surface area contributed by atoms with Gasteiger partial charge in [0.15, 0.2) is 0 Å². The Morgan fingerprint density at radius 3 is 2.48 bits per heavy atom. The summed E-state index contributed by atoms with van der Waals surface area (Å²) in [5.74, 6) is -0.134. The van der Waals surface area contributed by atoms with Crippen LogP contribution in [-0.2, 0) is 10.0 Å². The van der Waals surface area contributed by atoms with E-state index in [1.54, 1.807) is 24.3 Å². The van der Waals surface area contributed by atoms with Gasteiger partial charge in [0.25, 0.3) is 5.91 Å². The lowest BCUT2D eigenvalue weighted by molar-refractivity contribution is 0.0952. The minimum absolute atomic E-state index is 0.134. The van der Waals surface area contributed by atoms with E-state index in [0.717, 1.165) is 15.5 Å². The topological polar surface area (TPSA) is 78.5 Å². The number of benzene rings is 2. The number of sulfonamides is 1. The van der Waals surface area contributed by atoms with Gasteiger partial charge in [-0.15, -0.1) is 0 Å². The number of fused-ring (bicyclic) bond motifs is 2. The van der Waals surface area contributed by atoms with Crippen molar-refractivity contribution in [2.24, 2.45) is 0 Å². The molecule has 2 aromatic rings. The van der Waals surface area contributed by atoms with Gasteiger partial charge in [0.05, 0.1) is 10.5 Å². The van der Waals surface area contributed by atoms with Crippen LogP contribution in [-0.4, -0.2) is 45.8 Å². The molecule has 0 saturated carbocycles. The number of hydrogen-bond acceptors (Lipinski definition) is 5. The molecule has 6 nitrogen and oxygen atoms in total. The third-order valence-electron chi connectivity index (χ3n) is 3.81. The van der Waals surface area contributed by atoms with Gasteiger partial charge in [-0.3, -0.25) is 4.79 Å². The summed E-state index contributed by atoms with van der Waals surface area (Å²) < 4.78 is 26.0. The number of amides is 1. The second kappa shape index (κ2) is 7.07. The molecule has 0 saturated heterocycles. The van der Waals surface area contributed by atoms with Crippen LogP contribution in [0.1, 0.15) is 10.4 Å². The van der Waals surface area contributed by atoms with Crippen LogP contribution in [0.15, 0.2) is 57.2 Å². The zero-order valence-electron chi connectivity index (χ0n) is 13.9. The molecule has 0 bridgehead atoms. The lowest BCUT2D eigenvalue weighted by atomic mass is 10.2. The summed E-state index contributed by atoms with van der Waals surface area (Å²) in [6, 6.07) is 12.3. The van der Waals surface area contributed by atoms with Crippen LogP contribution in [0.3, 0.4) is 0 Å². The summed E-state index contributed by atoms with van der Waals surface area (Å²) >= 11 is 1.38. The Balaban J connectivity index is 2.10. The van der Waals surface area contributed by atoms with E-state index in [0.29, 0.717) is 18.7 Å². The van der Waals surface area contributed by atoms with Crippen LogP contribution in [0.5, 0.6) is 0 Å². The molecule has 1 aliphatic rings. The van der Waals surface area contributed by atoms with Gasteiger partial charge in [-0.25, -0.2) is 12.7 Å². The number of carbonyl (C=O) groups excluding carboxylic acids is 1. The Morgan fingerprint density at radius 2 is 1.72 bits per heavy atom. The monoisotopic (exact) mass is 377 g/mol. The SMILES string of the molecule is CN(C)S(=O)(=O)c1ccc2c(c1)Sc1ccccc1C(=O)NCCN2. The molecule has 8 heteroatoms. The van der Waals surface area contributed by atoms with E-state index in [2.05, 4.69) is 10.6 Å². The lowest BCUT2D eigenvalue weighted by Crippen LogP contribution is -2.29. The van der Waals surface area contributed by atoms with Crippen molar-refractivity contribution in [1.82, 2.24) is 9.62 Å².